The number of nitrogens with zero attached hydrogens (tertiary/aromatic N) is 2. The van der Waals surface area contributed by atoms with E-state index in [0.29, 0.717) is 18.1 Å². The molecule has 0 aliphatic rings. The van der Waals surface area contributed by atoms with Crippen LogP contribution in [0, 0.1) is 5.82 Å². The topological polar surface area (TPSA) is 59.9 Å². The minimum atomic E-state index is -0.386. The van der Waals surface area contributed by atoms with Gasteiger partial charge in [0, 0.05) is 44.5 Å². The Hall–Kier alpha value is -1.87. The predicted octanol–water partition coefficient (Wildman–Crippen LogP) is 3.52. The Bertz CT molecular complexity index is 728. The van der Waals surface area contributed by atoms with Crippen molar-refractivity contribution in [2.75, 3.05) is 31.6 Å². The van der Waals surface area contributed by atoms with E-state index in [1.54, 1.807) is 19.2 Å². The summed E-state index contributed by atoms with van der Waals surface area (Å²) in [4.78, 5) is 6.56. The number of nitrogens with one attached hydrogen (secondary N) is 2. The Morgan fingerprint density at radius 3 is 2.54 bits per heavy atom. The minimum Gasteiger partial charge on any atom is -0.392 e. The van der Waals surface area contributed by atoms with Crippen molar-refractivity contribution in [3.05, 3.63) is 65.5 Å². The largest absolute Gasteiger partial charge is 0.392 e. The molecule has 0 spiro atoms. The average Bonchev–Trinajstić information content (AvgIpc) is 2.72. The number of hydrogen-bond donors (Lipinski definition) is 3. The van der Waals surface area contributed by atoms with E-state index in [-0.39, 0.29) is 36.4 Å². The number of aliphatic hydroxyl groups excluding tert-OH is 1. The summed E-state index contributed by atoms with van der Waals surface area (Å²) >= 11 is 0. The van der Waals surface area contributed by atoms with Crippen molar-refractivity contribution in [1.82, 2.24) is 10.6 Å². The maximum atomic E-state index is 13.4. The molecule has 2 rings (SSSR count). The molecule has 0 amide bonds. The third kappa shape index (κ3) is 7.63. The summed E-state index contributed by atoms with van der Waals surface area (Å²) in [6.45, 7) is 5.09. The molecule has 5 nitrogen and oxygen atoms in total. The number of anilines is 1. The number of benzene rings is 2. The van der Waals surface area contributed by atoms with Gasteiger partial charge in [0.1, 0.15) is 5.82 Å². The van der Waals surface area contributed by atoms with E-state index in [2.05, 4.69) is 51.7 Å². The van der Waals surface area contributed by atoms with Gasteiger partial charge < -0.3 is 20.6 Å². The fourth-order valence-corrected chi connectivity index (χ4v) is 2.85. The van der Waals surface area contributed by atoms with Gasteiger partial charge in [0.2, 0.25) is 0 Å². The van der Waals surface area contributed by atoms with Crippen LogP contribution in [0.15, 0.2) is 53.5 Å². The Morgan fingerprint density at radius 2 is 1.89 bits per heavy atom. The summed E-state index contributed by atoms with van der Waals surface area (Å²) in [7, 11) is 1.72. The first kappa shape index (κ1) is 24.2. The van der Waals surface area contributed by atoms with Crippen LogP contribution in [0.25, 0.3) is 0 Å². The molecule has 0 heterocycles. The van der Waals surface area contributed by atoms with Crippen LogP contribution < -0.4 is 15.5 Å². The zero-order valence-electron chi connectivity index (χ0n) is 16.5. The lowest BCUT2D eigenvalue weighted by atomic mass is 10.1. The summed E-state index contributed by atoms with van der Waals surface area (Å²) in [6.07, 6.45) is 0.981. The first-order chi connectivity index (χ1) is 13.2. The molecule has 0 aromatic heterocycles. The molecule has 154 valence electrons. The van der Waals surface area contributed by atoms with Crippen molar-refractivity contribution in [3.63, 3.8) is 0 Å². The summed E-state index contributed by atoms with van der Waals surface area (Å²) < 4.78 is 13.4. The van der Waals surface area contributed by atoms with Gasteiger partial charge in [-0.15, -0.1) is 24.0 Å². The molecule has 0 saturated heterocycles. The van der Waals surface area contributed by atoms with E-state index in [1.165, 1.54) is 11.8 Å². The molecule has 0 atom stereocenters. The third-order valence-electron chi connectivity index (χ3n) is 4.36. The molecular weight excluding hydrogens is 470 g/mol. The van der Waals surface area contributed by atoms with Crippen LogP contribution in [-0.2, 0) is 13.2 Å². The second-order valence-corrected chi connectivity index (χ2v) is 6.21. The first-order valence-corrected chi connectivity index (χ1v) is 9.30. The summed E-state index contributed by atoms with van der Waals surface area (Å²) in [5.41, 5.74) is 2.43. The SMILES string of the molecule is CCN(CCCNC(=NC)NCc1ccc(F)c(CO)c1)c1ccccc1.I. The lowest BCUT2D eigenvalue weighted by Crippen LogP contribution is -2.38. The number of aliphatic hydroxyl groups is 1. The van der Waals surface area contributed by atoms with Gasteiger partial charge >= 0.3 is 0 Å². The molecule has 3 N–H and O–H groups in total. The molecule has 0 saturated carbocycles. The molecule has 0 bridgehead atoms. The Labute approximate surface area is 184 Å². The second-order valence-electron chi connectivity index (χ2n) is 6.21. The number of guanidine groups is 1. The van der Waals surface area contributed by atoms with Gasteiger partial charge in [0.05, 0.1) is 6.61 Å². The van der Waals surface area contributed by atoms with Gasteiger partial charge in [-0.2, -0.15) is 0 Å². The van der Waals surface area contributed by atoms with Crippen molar-refractivity contribution < 1.29 is 9.50 Å². The molecule has 0 unspecified atom stereocenters. The Kier molecular flexibility index (Phi) is 11.5. The number of para-hydroxylation sites is 1. The van der Waals surface area contributed by atoms with Crippen LogP contribution in [-0.4, -0.2) is 37.7 Å². The molecule has 2 aromatic carbocycles. The Morgan fingerprint density at radius 1 is 1.14 bits per heavy atom. The fraction of sp³-hybridized carbons (Fsp3) is 0.381. The molecular formula is C21H30FIN4O. The van der Waals surface area contributed by atoms with Crippen LogP contribution in [0.2, 0.25) is 0 Å². The summed E-state index contributed by atoms with van der Waals surface area (Å²) in [6, 6.07) is 15.1. The lowest BCUT2D eigenvalue weighted by molar-refractivity contribution is 0.275. The van der Waals surface area contributed by atoms with E-state index in [9.17, 15) is 4.39 Å². The maximum Gasteiger partial charge on any atom is 0.191 e. The molecule has 0 aliphatic heterocycles. The quantitative estimate of drug-likeness (QED) is 0.214. The van der Waals surface area contributed by atoms with E-state index >= 15 is 0 Å². The van der Waals surface area contributed by atoms with E-state index < -0.39 is 0 Å². The normalized spacial score (nSPS) is 10.9. The van der Waals surface area contributed by atoms with E-state index in [4.69, 9.17) is 5.11 Å². The molecule has 7 heteroatoms. The van der Waals surface area contributed by atoms with Gasteiger partial charge in [0.15, 0.2) is 5.96 Å². The third-order valence-corrected chi connectivity index (χ3v) is 4.36. The molecule has 28 heavy (non-hydrogen) atoms. The molecule has 0 radical (unpaired) electrons. The van der Waals surface area contributed by atoms with Gasteiger partial charge in [-0.1, -0.05) is 24.3 Å². The van der Waals surface area contributed by atoms with Gasteiger partial charge in [-0.05, 0) is 43.2 Å². The van der Waals surface area contributed by atoms with Crippen LogP contribution in [0.3, 0.4) is 0 Å². The maximum absolute atomic E-state index is 13.4. The van der Waals surface area contributed by atoms with Crippen LogP contribution in [0.4, 0.5) is 10.1 Å². The zero-order chi connectivity index (χ0) is 19.5. The van der Waals surface area contributed by atoms with Crippen LogP contribution >= 0.6 is 24.0 Å². The van der Waals surface area contributed by atoms with Crippen molar-refractivity contribution in [2.24, 2.45) is 4.99 Å². The van der Waals surface area contributed by atoms with Crippen LogP contribution in [0.1, 0.15) is 24.5 Å². The highest BCUT2D eigenvalue weighted by Gasteiger charge is 2.05. The monoisotopic (exact) mass is 500 g/mol. The number of hydrogen-bond acceptors (Lipinski definition) is 3. The standard InChI is InChI=1S/C21H29FN4O.HI/c1-3-26(19-8-5-4-6-9-19)13-7-12-24-21(23-2)25-15-17-10-11-20(22)18(14-17)16-27;/h4-6,8-11,14,27H,3,7,12-13,15-16H2,1-2H3,(H2,23,24,25);1H. The van der Waals surface area contributed by atoms with Gasteiger partial charge in [0.25, 0.3) is 0 Å². The number of rotatable bonds is 9. The van der Waals surface area contributed by atoms with Gasteiger partial charge in [-0.3, -0.25) is 4.99 Å². The predicted molar refractivity (Wildman–Crippen MR) is 125 cm³/mol. The second kappa shape index (κ2) is 13.3. The van der Waals surface area contributed by atoms with E-state index in [0.717, 1.165) is 31.6 Å². The lowest BCUT2D eigenvalue weighted by Gasteiger charge is -2.23. The average molecular weight is 500 g/mol. The van der Waals surface area contributed by atoms with Crippen molar-refractivity contribution in [1.29, 1.82) is 0 Å². The van der Waals surface area contributed by atoms with Crippen LogP contribution in [0.5, 0.6) is 0 Å². The smallest absolute Gasteiger partial charge is 0.191 e. The minimum absolute atomic E-state index is 0. The molecule has 0 aliphatic carbocycles. The summed E-state index contributed by atoms with van der Waals surface area (Å²) in [5.74, 6) is 0.315. The first-order valence-electron chi connectivity index (χ1n) is 9.30. The summed E-state index contributed by atoms with van der Waals surface area (Å²) in [5, 5.41) is 15.7. The molecule has 2 aromatic rings. The van der Waals surface area contributed by atoms with E-state index in [1.807, 2.05) is 6.07 Å². The van der Waals surface area contributed by atoms with Crippen molar-refractivity contribution in [3.8, 4) is 0 Å². The zero-order valence-corrected chi connectivity index (χ0v) is 18.8. The van der Waals surface area contributed by atoms with Crippen molar-refractivity contribution >= 4 is 35.6 Å². The highest BCUT2D eigenvalue weighted by molar-refractivity contribution is 14.0. The van der Waals surface area contributed by atoms with Crippen molar-refractivity contribution in [2.45, 2.75) is 26.5 Å². The number of halogens is 2. The van der Waals surface area contributed by atoms with Gasteiger partial charge in [-0.25, -0.2) is 4.39 Å². The highest BCUT2D eigenvalue weighted by Crippen LogP contribution is 2.13. The molecule has 0 fully saturated rings. The highest BCUT2D eigenvalue weighted by atomic mass is 127. The Balaban J connectivity index is 0.00000392. The fourth-order valence-electron chi connectivity index (χ4n) is 2.85. The number of aliphatic imine (C=N–C) groups is 1.